The molecular formula is C13H13F3N2O3. The number of para-hydroxylation sites is 1. The van der Waals surface area contributed by atoms with Crippen molar-refractivity contribution in [2.45, 2.75) is 25.1 Å². The first-order valence-corrected chi connectivity index (χ1v) is 6.28. The highest BCUT2D eigenvalue weighted by molar-refractivity contribution is 5.98. The summed E-state index contributed by atoms with van der Waals surface area (Å²) in [5.41, 5.74) is 0.133. The molecule has 1 atom stereocenters. The maximum absolute atomic E-state index is 12.5. The van der Waals surface area contributed by atoms with Crippen LogP contribution in [0.3, 0.4) is 0 Å². The van der Waals surface area contributed by atoms with Gasteiger partial charge in [-0.25, -0.2) is 0 Å². The number of carbonyl (C=O) groups is 2. The lowest BCUT2D eigenvalue weighted by Crippen LogP contribution is -2.50. The first-order valence-electron chi connectivity index (χ1n) is 6.28. The van der Waals surface area contributed by atoms with Crippen molar-refractivity contribution < 1.29 is 28.0 Å². The Bertz CT molecular complexity index is 533. The summed E-state index contributed by atoms with van der Waals surface area (Å²) in [5, 5.41) is 10.1. The number of anilines is 1. The van der Waals surface area contributed by atoms with Crippen molar-refractivity contribution in [3.63, 3.8) is 0 Å². The van der Waals surface area contributed by atoms with E-state index in [4.69, 9.17) is 0 Å². The molecule has 0 aliphatic carbocycles. The van der Waals surface area contributed by atoms with E-state index in [2.05, 4.69) is 0 Å². The molecule has 0 spiro atoms. The van der Waals surface area contributed by atoms with Gasteiger partial charge in [0.2, 0.25) is 0 Å². The van der Waals surface area contributed by atoms with Gasteiger partial charge in [0.25, 0.3) is 5.91 Å². The van der Waals surface area contributed by atoms with E-state index in [9.17, 15) is 28.0 Å². The molecule has 114 valence electrons. The van der Waals surface area contributed by atoms with Crippen molar-refractivity contribution in [3.8, 4) is 0 Å². The summed E-state index contributed by atoms with van der Waals surface area (Å²) in [4.78, 5) is 23.9. The van der Waals surface area contributed by atoms with Crippen molar-refractivity contribution in [1.29, 1.82) is 0 Å². The fourth-order valence-corrected chi connectivity index (χ4v) is 2.27. The third-order valence-electron chi connectivity index (χ3n) is 3.25. The number of nitrogens with zero attached hydrogens (tertiary/aromatic N) is 2. The Hall–Kier alpha value is -2.09. The predicted octanol–water partition coefficient (Wildman–Crippen LogP) is 1.96. The molecule has 21 heavy (non-hydrogen) atoms. The molecule has 5 nitrogen and oxygen atoms in total. The Kier molecular flexibility index (Phi) is 4.17. The highest BCUT2D eigenvalue weighted by atomic mass is 19.4. The van der Waals surface area contributed by atoms with Gasteiger partial charge in [0, 0.05) is 6.54 Å². The maximum atomic E-state index is 12.5. The van der Waals surface area contributed by atoms with Crippen LogP contribution in [0.1, 0.15) is 12.8 Å². The maximum Gasteiger partial charge on any atom is 0.471 e. The summed E-state index contributed by atoms with van der Waals surface area (Å²) in [5.74, 6) is -3.00. The Balaban J connectivity index is 2.16. The first-order chi connectivity index (χ1) is 9.82. The molecule has 1 saturated heterocycles. The molecule has 1 N–H and O–H groups in total. The summed E-state index contributed by atoms with van der Waals surface area (Å²) >= 11 is 0. The van der Waals surface area contributed by atoms with Crippen LogP contribution in [0.5, 0.6) is 0 Å². The van der Waals surface area contributed by atoms with Crippen LogP contribution in [0.25, 0.3) is 0 Å². The topological polar surface area (TPSA) is 60.9 Å². The number of carbonyl (C=O) groups excluding carboxylic acids is 2. The molecule has 2 amide bonds. The minimum absolute atomic E-state index is 0.0878. The molecule has 0 bridgehead atoms. The highest BCUT2D eigenvalue weighted by Crippen LogP contribution is 2.27. The fraction of sp³-hybridized carbons (Fsp3) is 0.385. The minimum Gasteiger partial charge on any atom is -0.323 e. The molecule has 2 rings (SSSR count). The summed E-state index contributed by atoms with van der Waals surface area (Å²) < 4.78 is 37.4. The van der Waals surface area contributed by atoms with Gasteiger partial charge in [-0.05, 0) is 25.0 Å². The third-order valence-corrected chi connectivity index (χ3v) is 3.25. The zero-order chi connectivity index (χ0) is 15.6. The lowest BCUT2D eigenvalue weighted by Gasteiger charge is -2.27. The number of alkyl halides is 3. The number of benzene rings is 1. The quantitative estimate of drug-likeness (QED) is 0.671. The SMILES string of the molecule is O=C([C@@H]1CCCN1C(=O)C(F)(F)F)N(O)c1ccccc1. The van der Waals surface area contributed by atoms with Crippen molar-refractivity contribution in [3.05, 3.63) is 30.3 Å². The Morgan fingerprint density at radius 1 is 1.24 bits per heavy atom. The fourth-order valence-electron chi connectivity index (χ4n) is 2.27. The lowest BCUT2D eigenvalue weighted by molar-refractivity contribution is -0.186. The molecule has 8 heteroatoms. The lowest BCUT2D eigenvalue weighted by atomic mass is 10.2. The third kappa shape index (κ3) is 3.15. The zero-order valence-corrected chi connectivity index (χ0v) is 10.9. The molecule has 1 heterocycles. The Labute approximate surface area is 118 Å². The average Bonchev–Trinajstić information content (AvgIpc) is 2.94. The van der Waals surface area contributed by atoms with Crippen LogP contribution in [0, 0.1) is 0 Å². The van der Waals surface area contributed by atoms with Crippen LogP contribution in [0.15, 0.2) is 30.3 Å². The van der Waals surface area contributed by atoms with E-state index in [0.717, 1.165) is 0 Å². The van der Waals surface area contributed by atoms with Crippen LogP contribution in [-0.2, 0) is 9.59 Å². The van der Waals surface area contributed by atoms with Crippen molar-refractivity contribution in [2.24, 2.45) is 0 Å². The normalized spacial score (nSPS) is 18.7. The summed E-state index contributed by atoms with van der Waals surface area (Å²) in [6.07, 6.45) is -4.67. The molecule has 1 aliphatic heterocycles. The predicted molar refractivity (Wildman–Crippen MR) is 66.5 cm³/mol. The summed E-state index contributed by atoms with van der Waals surface area (Å²) in [6.45, 7) is -0.155. The molecule has 1 fully saturated rings. The van der Waals surface area contributed by atoms with Crippen LogP contribution >= 0.6 is 0 Å². The molecule has 0 saturated carbocycles. The van der Waals surface area contributed by atoms with Gasteiger partial charge in [-0.15, -0.1) is 0 Å². The molecule has 1 aromatic carbocycles. The van der Waals surface area contributed by atoms with Gasteiger partial charge in [0.1, 0.15) is 6.04 Å². The average molecular weight is 302 g/mol. The smallest absolute Gasteiger partial charge is 0.323 e. The van der Waals surface area contributed by atoms with Crippen molar-refractivity contribution >= 4 is 17.5 Å². The van der Waals surface area contributed by atoms with Crippen molar-refractivity contribution in [1.82, 2.24) is 4.90 Å². The van der Waals surface area contributed by atoms with E-state index in [-0.39, 0.29) is 30.1 Å². The van der Waals surface area contributed by atoms with Gasteiger partial charge in [-0.1, -0.05) is 18.2 Å². The molecular weight excluding hydrogens is 289 g/mol. The summed E-state index contributed by atoms with van der Waals surface area (Å²) in [6, 6.07) is 6.37. The van der Waals surface area contributed by atoms with E-state index in [1.165, 1.54) is 12.1 Å². The highest BCUT2D eigenvalue weighted by Gasteiger charge is 2.48. The number of rotatable bonds is 2. The van der Waals surface area contributed by atoms with E-state index in [0.29, 0.717) is 4.90 Å². The van der Waals surface area contributed by atoms with Crippen LogP contribution < -0.4 is 5.06 Å². The number of amides is 2. The Morgan fingerprint density at radius 2 is 1.86 bits per heavy atom. The van der Waals surface area contributed by atoms with E-state index in [1.807, 2.05) is 0 Å². The van der Waals surface area contributed by atoms with Gasteiger partial charge < -0.3 is 4.90 Å². The molecule has 1 aromatic rings. The zero-order valence-electron chi connectivity index (χ0n) is 10.9. The molecule has 0 unspecified atom stereocenters. The number of hydroxylamine groups is 1. The van der Waals surface area contributed by atoms with Crippen LogP contribution in [0.4, 0.5) is 18.9 Å². The largest absolute Gasteiger partial charge is 0.471 e. The van der Waals surface area contributed by atoms with E-state index in [1.54, 1.807) is 18.2 Å². The van der Waals surface area contributed by atoms with Gasteiger partial charge in [0.15, 0.2) is 0 Å². The number of hydrogen-bond donors (Lipinski definition) is 1. The van der Waals surface area contributed by atoms with Gasteiger partial charge in [0.05, 0.1) is 5.69 Å². The number of likely N-dealkylation sites (tertiary alicyclic amines) is 1. The van der Waals surface area contributed by atoms with Crippen LogP contribution in [0.2, 0.25) is 0 Å². The Morgan fingerprint density at radius 3 is 2.43 bits per heavy atom. The van der Waals surface area contributed by atoms with Gasteiger partial charge in [-0.3, -0.25) is 14.8 Å². The second-order valence-electron chi connectivity index (χ2n) is 4.64. The second-order valence-corrected chi connectivity index (χ2v) is 4.64. The standard InChI is InChI=1S/C13H13F3N2O3/c14-13(15,16)12(20)17-8-4-7-10(17)11(19)18(21)9-5-2-1-3-6-9/h1-3,5-6,10,21H,4,7-8H2/t10-/m0/s1. The number of halogens is 3. The second kappa shape index (κ2) is 5.72. The monoisotopic (exact) mass is 302 g/mol. The first kappa shape index (κ1) is 15.3. The molecule has 1 aliphatic rings. The number of hydrogen-bond acceptors (Lipinski definition) is 3. The van der Waals surface area contributed by atoms with Gasteiger partial charge in [-0.2, -0.15) is 18.2 Å². The van der Waals surface area contributed by atoms with Gasteiger partial charge >= 0.3 is 12.1 Å². The minimum atomic E-state index is -5.03. The van der Waals surface area contributed by atoms with E-state index >= 15 is 0 Å². The van der Waals surface area contributed by atoms with Crippen LogP contribution in [-0.4, -0.2) is 40.7 Å². The summed E-state index contributed by atoms with van der Waals surface area (Å²) in [7, 11) is 0. The molecule has 0 aromatic heterocycles. The molecule has 0 radical (unpaired) electrons. The van der Waals surface area contributed by atoms with E-state index < -0.39 is 24.0 Å². The van der Waals surface area contributed by atoms with Crippen molar-refractivity contribution in [2.75, 3.05) is 11.6 Å².